The van der Waals surface area contributed by atoms with Crippen LogP contribution in [0.2, 0.25) is 0 Å². The highest BCUT2D eigenvalue weighted by Crippen LogP contribution is 2.07. The first kappa shape index (κ1) is 14.4. The standard InChI is InChI=1S/C14H18O4/c1-3-18-14(17)13(16)12(15)9-8-11-6-4-10(2)5-7-11/h4-9,12-13,15-16H,3H2,1-2H3/b9-8+/t12-,13+/m1/s1. The number of hydrogen-bond acceptors (Lipinski definition) is 4. The molecule has 0 unspecified atom stereocenters. The fourth-order valence-electron chi connectivity index (χ4n) is 1.36. The minimum absolute atomic E-state index is 0.171. The van der Waals surface area contributed by atoms with Gasteiger partial charge in [0.15, 0.2) is 6.10 Å². The second-order valence-electron chi connectivity index (χ2n) is 3.96. The van der Waals surface area contributed by atoms with E-state index in [1.165, 1.54) is 6.08 Å². The molecule has 0 spiro atoms. The Morgan fingerprint density at radius 1 is 1.33 bits per heavy atom. The number of aliphatic hydroxyl groups is 2. The van der Waals surface area contributed by atoms with Gasteiger partial charge in [0.2, 0.25) is 0 Å². The molecule has 1 aromatic rings. The molecule has 0 aliphatic heterocycles. The highest BCUT2D eigenvalue weighted by atomic mass is 16.5. The fourth-order valence-corrected chi connectivity index (χ4v) is 1.36. The smallest absolute Gasteiger partial charge is 0.338 e. The third-order valence-electron chi connectivity index (χ3n) is 2.41. The number of ether oxygens (including phenoxy) is 1. The van der Waals surface area contributed by atoms with Crippen LogP contribution in [-0.4, -0.2) is 35.0 Å². The van der Waals surface area contributed by atoms with Gasteiger partial charge in [-0.3, -0.25) is 0 Å². The Morgan fingerprint density at radius 3 is 2.50 bits per heavy atom. The molecular formula is C14H18O4. The number of carbonyl (C=O) groups excluding carboxylic acids is 1. The lowest BCUT2D eigenvalue weighted by Gasteiger charge is -2.12. The van der Waals surface area contributed by atoms with Crippen molar-refractivity contribution in [2.75, 3.05) is 6.61 Å². The molecule has 0 saturated carbocycles. The van der Waals surface area contributed by atoms with E-state index in [2.05, 4.69) is 4.74 Å². The molecule has 0 bridgehead atoms. The third-order valence-corrected chi connectivity index (χ3v) is 2.41. The Bertz CT molecular complexity index is 408. The van der Waals surface area contributed by atoms with Gasteiger partial charge in [-0.15, -0.1) is 0 Å². The average Bonchev–Trinajstić information content (AvgIpc) is 2.37. The maximum Gasteiger partial charge on any atom is 0.338 e. The van der Waals surface area contributed by atoms with Crippen LogP contribution in [0.15, 0.2) is 30.3 Å². The molecule has 98 valence electrons. The van der Waals surface area contributed by atoms with Gasteiger partial charge in [0, 0.05) is 0 Å². The molecule has 4 nitrogen and oxygen atoms in total. The highest BCUT2D eigenvalue weighted by Gasteiger charge is 2.23. The first-order valence-electron chi connectivity index (χ1n) is 5.82. The summed E-state index contributed by atoms with van der Waals surface area (Å²) in [6.07, 6.45) is 0.190. The summed E-state index contributed by atoms with van der Waals surface area (Å²) < 4.78 is 4.61. The summed E-state index contributed by atoms with van der Waals surface area (Å²) in [7, 11) is 0. The predicted molar refractivity (Wildman–Crippen MR) is 68.9 cm³/mol. The monoisotopic (exact) mass is 250 g/mol. The van der Waals surface area contributed by atoms with Crippen LogP contribution in [-0.2, 0) is 9.53 Å². The Morgan fingerprint density at radius 2 is 1.94 bits per heavy atom. The lowest BCUT2D eigenvalue weighted by Crippen LogP contribution is -2.34. The van der Waals surface area contributed by atoms with E-state index in [0.717, 1.165) is 11.1 Å². The van der Waals surface area contributed by atoms with Crippen LogP contribution in [0.25, 0.3) is 6.08 Å². The molecule has 0 saturated heterocycles. The number of rotatable bonds is 5. The first-order valence-corrected chi connectivity index (χ1v) is 5.82. The number of benzene rings is 1. The maximum atomic E-state index is 11.2. The molecule has 1 rings (SSSR count). The average molecular weight is 250 g/mol. The number of aliphatic hydroxyl groups excluding tert-OH is 2. The maximum absolute atomic E-state index is 11.2. The van der Waals surface area contributed by atoms with Crippen molar-refractivity contribution in [2.24, 2.45) is 0 Å². The summed E-state index contributed by atoms with van der Waals surface area (Å²) in [5.41, 5.74) is 2.02. The van der Waals surface area contributed by atoms with Gasteiger partial charge in [0.05, 0.1) is 6.61 Å². The molecule has 0 aliphatic carbocycles. The van der Waals surface area contributed by atoms with E-state index in [4.69, 9.17) is 0 Å². The topological polar surface area (TPSA) is 66.8 Å². The highest BCUT2D eigenvalue weighted by molar-refractivity contribution is 5.75. The van der Waals surface area contributed by atoms with Gasteiger partial charge in [-0.1, -0.05) is 42.0 Å². The van der Waals surface area contributed by atoms with Crippen LogP contribution < -0.4 is 0 Å². The number of hydrogen-bond donors (Lipinski definition) is 2. The molecular weight excluding hydrogens is 232 g/mol. The third kappa shape index (κ3) is 4.31. The van der Waals surface area contributed by atoms with E-state index in [9.17, 15) is 15.0 Å². The van der Waals surface area contributed by atoms with E-state index >= 15 is 0 Å². The molecule has 18 heavy (non-hydrogen) atoms. The van der Waals surface area contributed by atoms with E-state index in [1.54, 1.807) is 13.0 Å². The second kappa shape index (κ2) is 6.93. The molecule has 0 amide bonds. The summed E-state index contributed by atoms with van der Waals surface area (Å²) in [5, 5.41) is 19.1. The quantitative estimate of drug-likeness (QED) is 0.773. The van der Waals surface area contributed by atoms with E-state index in [-0.39, 0.29) is 6.61 Å². The molecule has 2 atom stereocenters. The van der Waals surface area contributed by atoms with Crippen molar-refractivity contribution in [3.63, 3.8) is 0 Å². The molecule has 0 aromatic heterocycles. The van der Waals surface area contributed by atoms with Crippen molar-refractivity contribution in [2.45, 2.75) is 26.1 Å². The normalized spacial score (nSPS) is 14.4. The predicted octanol–water partition coefficient (Wildman–Crippen LogP) is 1.29. The summed E-state index contributed by atoms with van der Waals surface area (Å²) in [4.78, 5) is 11.2. The molecule has 0 aliphatic rings. The van der Waals surface area contributed by atoms with E-state index in [1.807, 2.05) is 31.2 Å². The lowest BCUT2D eigenvalue weighted by atomic mass is 10.1. The Kier molecular flexibility index (Phi) is 5.55. The van der Waals surface area contributed by atoms with Crippen molar-refractivity contribution in [1.29, 1.82) is 0 Å². The van der Waals surface area contributed by atoms with E-state index < -0.39 is 18.2 Å². The van der Waals surface area contributed by atoms with Gasteiger partial charge in [-0.05, 0) is 19.4 Å². The summed E-state index contributed by atoms with van der Waals surface area (Å²) in [5.74, 6) is -0.821. The summed E-state index contributed by atoms with van der Waals surface area (Å²) in [6.45, 7) is 3.79. The van der Waals surface area contributed by atoms with Gasteiger partial charge in [-0.2, -0.15) is 0 Å². The summed E-state index contributed by atoms with van der Waals surface area (Å²) >= 11 is 0. The van der Waals surface area contributed by atoms with Crippen LogP contribution in [0, 0.1) is 6.92 Å². The van der Waals surface area contributed by atoms with Gasteiger partial charge in [-0.25, -0.2) is 4.79 Å². The van der Waals surface area contributed by atoms with Crippen molar-refractivity contribution >= 4 is 12.0 Å². The number of aryl methyl sites for hydroxylation is 1. The van der Waals surface area contributed by atoms with Crippen LogP contribution in [0.5, 0.6) is 0 Å². The van der Waals surface area contributed by atoms with Crippen LogP contribution in [0.1, 0.15) is 18.1 Å². The molecule has 4 heteroatoms. The summed E-state index contributed by atoms with van der Waals surface area (Å²) in [6, 6.07) is 7.65. The van der Waals surface area contributed by atoms with Crippen molar-refractivity contribution in [1.82, 2.24) is 0 Å². The first-order chi connectivity index (χ1) is 8.54. The van der Waals surface area contributed by atoms with Gasteiger partial charge >= 0.3 is 5.97 Å². The van der Waals surface area contributed by atoms with Crippen LogP contribution >= 0.6 is 0 Å². The zero-order valence-electron chi connectivity index (χ0n) is 10.5. The molecule has 2 N–H and O–H groups in total. The van der Waals surface area contributed by atoms with Crippen LogP contribution in [0.4, 0.5) is 0 Å². The van der Waals surface area contributed by atoms with Crippen molar-refractivity contribution < 1.29 is 19.7 Å². The lowest BCUT2D eigenvalue weighted by molar-refractivity contribution is -0.157. The van der Waals surface area contributed by atoms with E-state index in [0.29, 0.717) is 0 Å². The largest absolute Gasteiger partial charge is 0.464 e. The van der Waals surface area contributed by atoms with Gasteiger partial charge < -0.3 is 14.9 Å². The minimum Gasteiger partial charge on any atom is -0.464 e. The molecule has 0 heterocycles. The van der Waals surface area contributed by atoms with Crippen LogP contribution in [0.3, 0.4) is 0 Å². The van der Waals surface area contributed by atoms with Crippen molar-refractivity contribution in [3.8, 4) is 0 Å². The number of carbonyl (C=O) groups is 1. The Labute approximate surface area is 107 Å². The van der Waals surface area contributed by atoms with Crippen molar-refractivity contribution in [3.05, 3.63) is 41.5 Å². The molecule has 1 aromatic carbocycles. The van der Waals surface area contributed by atoms with Gasteiger partial charge in [0.1, 0.15) is 6.10 Å². The van der Waals surface area contributed by atoms with Gasteiger partial charge in [0.25, 0.3) is 0 Å². The minimum atomic E-state index is -1.55. The number of esters is 1. The molecule has 0 fully saturated rings. The SMILES string of the molecule is CCOC(=O)[C@@H](O)[C@H](O)/C=C/c1ccc(C)cc1. The Hall–Kier alpha value is -1.65. The fraction of sp³-hybridized carbons (Fsp3) is 0.357. The molecule has 0 radical (unpaired) electrons. The zero-order valence-corrected chi connectivity index (χ0v) is 10.5. The second-order valence-corrected chi connectivity index (χ2v) is 3.96. The zero-order chi connectivity index (χ0) is 13.5. The Balaban J connectivity index is 2.60.